The molecule has 0 aliphatic heterocycles. The summed E-state index contributed by atoms with van der Waals surface area (Å²) in [7, 11) is 0. The van der Waals surface area contributed by atoms with E-state index >= 15 is 0 Å². The monoisotopic (exact) mass is 243 g/mol. The lowest BCUT2D eigenvalue weighted by atomic mass is 9.84. The average molecular weight is 243 g/mol. The van der Waals surface area contributed by atoms with Crippen molar-refractivity contribution in [2.24, 2.45) is 5.92 Å². The Hall–Kier alpha value is 0.310. The summed E-state index contributed by atoms with van der Waals surface area (Å²) in [5.74, 6) is 3.59. The van der Waals surface area contributed by atoms with Crippen molar-refractivity contribution in [3.05, 3.63) is 0 Å². The number of rotatable bonds is 7. The minimum Gasteiger partial charge on any atom is -0.311 e. The van der Waals surface area contributed by atoms with Crippen molar-refractivity contribution in [2.75, 3.05) is 11.5 Å². The Morgan fingerprint density at radius 1 is 1.19 bits per heavy atom. The molecule has 0 amide bonds. The minimum atomic E-state index is 0.710. The second kappa shape index (κ2) is 8.41. The van der Waals surface area contributed by atoms with E-state index in [-0.39, 0.29) is 0 Å². The number of hydrogen-bond acceptors (Lipinski definition) is 2. The van der Waals surface area contributed by atoms with Crippen molar-refractivity contribution >= 4 is 11.8 Å². The molecular formula is C14H29NS. The van der Waals surface area contributed by atoms with Gasteiger partial charge in [-0.1, -0.05) is 20.3 Å². The molecule has 96 valence electrons. The lowest BCUT2D eigenvalue weighted by Gasteiger charge is -2.30. The topological polar surface area (TPSA) is 12.0 Å². The maximum absolute atomic E-state index is 3.81. The van der Waals surface area contributed by atoms with Gasteiger partial charge in [0, 0.05) is 12.1 Å². The Balaban J connectivity index is 2.08. The maximum Gasteiger partial charge on any atom is 0.00697 e. The Labute approximate surface area is 106 Å². The zero-order valence-electron chi connectivity index (χ0n) is 11.3. The van der Waals surface area contributed by atoms with Crippen LogP contribution in [-0.4, -0.2) is 23.6 Å². The SMILES string of the molecule is CCSCCC(C)NC1CCC(CC)CC1. The number of nitrogens with one attached hydrogen (secondary N) is 1. The second-order valence-corrected chi connectivity index (χ2v) is 6.57. The van der Waals surface area contributed by atoms with Crippen LogP contribution in [0.25, 0.3) is 0 Å². The summed E-state index contributed by atoms with van der Waals surface area (Å²) in [6, 6.07) is 1.52. The van der Waals surface area contributed by atoms with E-state index in [1.54, 1.807) is 0 Å². The molecule has 0 bridgehead atoms. The van der Waals surface area contributed by atoms with Gasteiger partial charge in [-0.05, 0) is 56.5 Å². The fourth-order valence-electron chi connectivity index (χ4n) is 2.63. The largest absolute Gasteiger partial charge is 0.311 e. The predicted octanol–water partition coefficient (Wildman–Crippen LogP) is 4.08. The van der Waals surface area contributed by atoms with E-state index in [4.69, 9.17) is 0 Å². The molecule has 1 rings (SSSR count). The molecule has 0 radical (unpaired) electrons. The van der Waals surface area contributed by atoms with E-state index in [0.717, 1.165) is 12.0 Å². The Morgan fingerprint density at radius 2 is 1.88 bits per heavy atom. The van der Waals surface area contributed by atoms with Gasteiger partial charge in [0.25, 0.3) is 0 Å². The van der Waals surface area contributed by atoms with Gasteiger partial charge in [-0.3, -0.25) is 0 Å². The van der Waals surface area contributed by atoms with Crippen molar-refractivity contribution in [3.63, 3.8) is 0 Å². The molecule has 1 aliphatic carbocycles. The summed E-state index contributed by atoms with van der Waals surface area (Å²) in [5, 5.41) is 3.81. The van der Waals surface area contributed by atoms with Crippen molar-refractivity contribution in [1.29, 1.82) is 0 Å². The van der Waals surface area contributed by atoms with Crippen molar-refractivity contribution in [2.45, 2.75) is 71.4 Å². The summed E-state index contributed by atoms with van der Waals surface area (Å²) in [5.41, 5.74) is 0. The normalized spacial score (nSPS) is 27.9. The van der Waals surface area contributed by atoms with E-state index in [1.165, 1.54) is 50.0 Å². The van der Waals surface area contributed by atoms with Crippen LogP contribution in [0.3, 0.4) is 0 Å². The molecule has 0 aromatic heterocycles. The first kappa shape index (κ1) is 14.4. The highest BCUT2D eigenvalue weighted by Gasteiger charge is 2.20. The molecule has 0 aromatic rings. The van der Waals surface area contributed by atoms with Gasteiger partial charge in [-0.2, -0.15) is 11.8 Å². The standard InChI is InChI=1S/C14H29NS/c1-4-13-6-8-14(9-7-13)15-12(3)10-11-16-5-2/h12-15H,4-11H2,1-3H3. The zero-order chi connectivity index (χ0) is 11.8. The molecule has 1 N–H and O–H groups in total. The van der Waals surface area contributed by atoms with Gasteiger partial charge in [0.2, 0.25) is 0 Å². The van der Waals surface area contributed by atoms with E-state index in [2.05, 4.69) is 37.8 Å². The predicted molar refractivity (Wildman–Crippen MR) is 76.3 cm³/mol. The van der Waals surface area contributed by atoms with Gasteiger partial charge in [0.05, 0.1) is 0 Å². The molecule has 0 saturated heterocycles. The van der Waals surface area contributed by atoms with Crippen LogP contribution in [0.4, 0.5) is 0 Å². The molecule has 1 aliphatic rings. The van der Waals surface area contributed by atoms with E-state index in [1.807, 2.05) is 0 Å². The van der Waals surface area contributed by atoms with Gasteiger partial charge >= 0.3 is 0 Å². The Morgan fingerprint density at radius 3 is 2.44 bits per heavy atom. The summed E-state index contributed by atoms with van der Waals surface area (Å²) >= 11 is 2.06. The smallest absolute Gasteiger partial charge is 0.00697 e. The molecule has 1 saturated carbocycles. The van der Waals surface area contributed by atoms with Crippen LogP contribution in [0.15, 0.2) is 0 Å². The number of hydrogen-bond donors (Lipinski definition) is 1. The molecule has 0 spiro atoms. The Kier molecular flexibility index (Phi) is 7.55. The van der Waals surface area contributed by atoms with Gasteiger partial charge in [-0.15, -0.1) is 0 Å². The van der Waals surface area contributed by atoms with Crippen LogP contribution in [0.1, 0.15) is 59.3 Å². The summed E-state index contributed by atoms with van der Waals surface area (Å²) in [6.07, 6.45) is 8.42. The lowest BCUT2D eigenvalue weighted by Crippen LogP contribution is -2.39. The summed E-state index contributed by atoms with van der Waals surface area (Å²) in [4.78, 5) is 0. The molecule has 0 aromatic carbocycles. The molecule has 1 unspecified atom stereocenters. The average Bonchev–Trinajstić information content (AvgIpc) is 2.30. The van der Waals surface area contributed by atoms with Crippen LogP contribution in [-0.2, 0) is 0 Å². The van der Waals surface area contributed by atoms with Crippen molar-refractivity contribution in [1.82, 2.24) is 5.32 Å². The van der Waals surface area contributed by atoms with Crippen LogP contribution in [0.5, 0.6) is 0 Å². The molecule has 1 nitrogen and oxygen atoms in total. The quantitative estimate of drug-likeness (QED) is 0.676. The second-order valence-electron chi connectivity index (χ2n) is 5.18. The number of thioether (sulfide) groups is 1. The van der Waals surface area contributed by atoms with Gasteiger partial charge in [0.1, 0.15) is 0 Å². The van der Waals surface area contributed by atoms with Crippen LogP contribution >= 0.6 is 11.8 Å². The zero-order valence-corrected chi connectivity index (χ0v) is 12.1. The van der Waals surface area contributed by atoms with Crippen LogP contribution in [0, 0.1) is 5.92 Å². The molecule has 16 heavy (non-hydrogen) atoms. The summed E-state index contributed by atoms with van der Waals surface area (Å²) < 4.78 is 0. The van der Waals surface area contributed by atoms with Gasteiger partial charge < -0.3 is 5.32 Å². The third kappa shape index (κ3) is 5.58. The van der Waals surface area contributed by atoms with Gasteiger partial charge in [0.15, 0.2) is 0 Å². The van der Waals surface area contributed by atoms with Gasteiger partial charge in [-0.25, -0.2) is 0 Å². The first-order chi connectivity index (χ1) is 7.76. The Bertz CT molecular complexity index is 164. The van der Waals surface area contributed by atoms with Crippen LogP contribution < -0.4 is 5.32 Å². The highest BCUT2D eigenvalue weighted by atomic mass is 32.2. The molecule has 0 heterocycles. The summed E-state index contributed by atoms with van der Waals surface area (Å²) in [6.45, 7) is 6.93. The third-order valence-electron chi connectivity index (χ3n) is 3.84. The van der Waals surface area contributed by atoms with Crippen LogP contribution in [0.2, 0.25) is 0 Å². The highest BCUT2D eigenvalue weighted by molar-refractivity contribution is 7.99. The minimum absolute atomic E-state index is 0.710. The first-order valence-electron chi connectivity index (χ1n) is 7.10. The van der Waals surface area contributed by atoms with Crippen molar-refractivity contribution in [3.8, 4) is 0 Å². The fraction of sp³-hybridized carbons (Fsp3) is 1.00. The fourth-order valence-corrected chi connectivity index (χ4v) is 3.44. The molecular weight excluding hydrogens is 214 g/mol. The molecule has 2 heteroatoms. The molecule has 1 atom stereocenters. The third-order valence-corrected chi connectivity index (χ3v) is 4.78. The highest BCUT2D eigenvalue weighted by Crippen LogP contribution is 2.26. The van der Waals surface area contributed by atoms with E-state index in [9.17, 15) is 0 Å². The van der Waals surface area contributed by atoms with Crippen molar-refractivity contribution < 1.29 is 0 Å². The van der Waals surface area contributed by atoms with E-state index in [0.29, 0.717) is 6.04 Å². The lowest BCUT2D eigenvalue weighted by molar-refractivity contribution is 0.271. The first-order valence-corrected chi connectivity index (χ1v) is 8.25. The molecule has 1 fully saturated rings. The van der Waals surface area contributed by atoms with E-state index < -0.39 is 0 Å². The maximum atomic E-state index is 3.81.